The predicted molar refractivity (Wildman–Crippen MR) is 15.0 cm³/mol. The fourth-order valence-corrected chi connectivity index (χ4v) is 0. The first-order valence-corrected chi connectivity index (χ1v) is 0.954. The fourth-order valence-electron chi connectivity index (χ4n) is 0. The topological polar surface area (TPSA) is 40.9 Å². The van der Waals surface area contributed by atoms with Crippen molar-refractivity contribution in [2.45, 2.75) is 6.92 Å². The normalized spacial score (nSPS) is 5.00. The summed E-state index contributed by atoms with van der Waals surface area (Å²) in [6.45, 7) is 1.19. The molecule has 0 heterocycles. The third kappa shape index (κ3) is 143000. The Morgan fingerprint density at radius 3 is 1.80 bits per heavy atom. The molecule has 0 fully saturated rings. The number of hydrogen-bond donors (Lipinski definition) is 0. The van der Waals surface area contributed by atoms with E-state index < -0.39 is 5.91 Å². The molecular formula is C2H4CuNO. The van der Waals surface area contributed by atoms with Crippen molar-refractivity contribution >= 4 is 5.91 Å². The first kappa shape index (κ1) is 8.89. The van der Waals surface area contributed by atoms with E-state index in [-0.39, 0.29) is 17.1 Å². The largest absolute Gasteiger partial charge is 1.00 e. The van der Waals surface area contributed by atoms with Crippen LogP contribution in [0, 0.1) is 0 Å². The van der Waals surface area contributed by atoms with E-state index in [1.807, 2.05) is 0 Å². The van der Waals surface area contributed by atoms with Crippen LogP contribution in [0.25, 0.3) is 5.73 Å². The predicted octanol–water partition coefficient (Wildman–Crippen LogP) is 0.583. The maximum Gasteiger partial charge on any atom is 1.00 e. The number of amides is 1. The molecule has 0 saturated heterocycles. The van der Waals surface area contributed by atoms with Gasteiger partial charge in [-0.05, 0) is 6.92 Å². The molecule has 0 aromatic heterocycles. The summed E-state index contributed by atoms with van der Waals surface area (Å²) in [6.07, 6.45) is 0. The van der Waals surface area contributed by atoms with E-state index in [2.05, 4.69) is 0 Å². The van der Waals surface area contributed by atoms with Gasteiger partial charge in [0.25, 0.3) is 0 Å². The van der Waals surface area contributed by atoms with E-state index in [1.54, 1.807) is 0 Å². The quantitative estimate of drug-likeness (QED) is 0.433. The Bertz CT molecular complexity index is 32.6. The molecule has 1 amide bonds. The minimum absolute atomic E-state index is 0. The SMILES string of the molecule is CC([NH-])=O.[Cu+]. The van der Waals surface area contributed by atoms with Crippen LogP contribution in [0.15, 0.2) is 0 Å². The molecule has 0 unspecified atom stereocenters. The van der Waals surface area contributed by atoms with Crippen LogP contribution in [0.1, 0.15) is 6.92 Å². The van der Waals surface area contributed by atoms with Crippen molar-refractivity contribution < 1.29 is 21.9 Å². The Hall–Kier alpha value is -0.0105. The maximum atomic E-state index is 9.11. The molecule has 0 aliphatic rings. The van der Waals surface area contributed by atoms with Gasteiger partial charge < -0.3 is 10.5 Å². The Balaban J connectivity index is 0. The molecule has 2 nitrogen and oxygen atoms in total. The summed E-state index contributed by atoms with van der Waals surface area (Å²) < 4.78 is 0. The molecular weight excluding hydrogens is 118 g/mol. The van der Waals surface area contributed by atoms with Gasteiger partial charge in [-0.15, -0.1) is 0 Å². The van der Waals surface area contributed by atoms with Crippen molar-refractivity contribution in [1.82, 2.24) is 0 Å². The van der Waals surface area contributed by atoms with Gasteiger partial charge in [0.05, 0.1) is 0 Å². The van der Waals surface area contributed by atoms with Crippen LogP contribution < -0.4 is 0 Å². The van der Waals surface area contributed by atoms with Gasteiger partial charge in [0.15, 0.2) is 0 Å². The van der Waals surface area contributed by atoms with Crippen molar-refractivity contribution in [3.05, 3.63) is 5.73 Å². The second kappa shape index (κ2) is 3.99. The van der Waals surface area contributed by atoms with Crippen molar-refractivity contribution in [1.29, 1.82) is 0 Å². The summed E-state index contributed by atoms with van der Waals surface area (Å²) in [7, 11) is 0. The molecule has 34 valence electrons. The molecule has 0 aromatic rings. The summed E-state index contributed by atoms with van der Waals surface area (Å²) in [5.74, 6) is -0.583. The first-order chi connectivity index (χ1) is 1.73. The molecule has 0 bridgehead atoms. The monoisotopic (exact) mass is 121 g/mol. The summed E-state index contributed by atoms with van der Waals surface area (Å²) in [5, 5.41) is 0. The molecule has 0 aromatic carbocycles. The Morgan fingerprint density at radius 1 is 1.80 bits per heavy atom. The van der Waals surface area contributed by atoms with Gasteiger partial charge in [-0.1, -0.05) is 0 Å². The zero-order chi connectivity index (χ0) is 3.58. The van der Waals surface area contributed by atoms with Gasteiger partial charge >= 0.3 is 17.1 Å². The zero-order valence-corrected chi connectivity index (χ0v) is 3.65. The van der Waals surface area contributed by atoms with E-state index in [0.717, 1.165) is 0 Å². The smallest absolute Gasteiger partial charge is 0.668 e. The van der Waals surface area contributed by atoms with Gasteiger partial charge in [-0.25, -0.2) is 0 Å². The van der Waals surface area contributed by atoms with Gasteiger partial charge in [-0.2, -0.15) is 0 Å². The average Bonchev–Trinajstić information content (AvgIpc) is 0.811. The molecule has 0 aliphatic carbocycles. The average molecular weight is 122 g/mol. The summed E-state index contributed by atoms with van der Waals surface area (Å²) in [6, 6.07) is 0. The minimum atomic E-state index is -0.583. The Labute approximate surface area is 41.2 Å². The van der Waals surface area contributed by atoms with Crippen LogP contribution in [-0.4, -0.2) is 5.91 Å². The van der Waals surface area contributed by atoms with E-state index in [9.17, 15) is 0 Å². The van der Waals surface area contributed by atoms with E-state index in [4.69, 9.17) is 10.5 Å². The number of rotatable bonds is 0. The van der Waals surface area contributed by atoms with Gasteiger partial charge in [0.1, 0.15) is 0 Å². The molecule has 1 N–H and O–H groups in total. The Morgan fingerprint density at radius 2 is 1.80 bits per heavy atom. The first-order valence-electron chi connectivity index (χ1n) is 0.954. The van der Waals surface area contributed by atoms with Crippen LogP contribution >= 0.6 is 0 Å². The number of hydrogen-bond acceptors (Lipinski definition) is 1. The van der Waals surface area contributed by atoms with Crippen LogP contribution in [-0.2, 0) is 21.9 Å². The molecule has 0 spiro atoms. The molecule has 0 radical (unpaired) electrons. The summed E-state index contributed by atoms with van der Waals surface area (Å²) >= 11 is 0. The van der Waals surface area contributed by atoms with Crippen molar-refractivity contribution in [2.75, 3.05) is 0 Å². The summed E-state index contributed by atoms with van der Waals surface area (Å²) in [5.41, 5.74) is 5.94. The summed E-state index contributed by atoms with van der Waals surface area (Å²) in [4.78, 5) is 9.11. The van der Waals surface area contributed by atoms with Gasteiger partial charge in [-0.3, -0.25) is 0 Å². The standard InChI is InChI=1S/C2H5NO.Cu/c1-2(3)4;/h1H3,(H2,3,4);/q;+1/p-1. The van der Waals surface area contributed by atoms with Gasteiger partial charge in [0, 0.05) is 5.91 Å². The Kier molecular flexibility index (Phi) is 7.09. The van der Waals surface area contributed by atoms with Crippen molar-refractivity contribution in [3.63, 3.8) is 0 Å². The molecule has 5 heavy (non-hydrogen) atoms. The molecule has 3 heteroatoms. The van der Waals surface area contributed by atoms with Crippen LogP contribution in [0.4, 0.5) is 0 Å². The third-order valence-corrected chi connectivity index (χ3v) is 0. The second-order valence-corrected chi connectivity index (χ2v) is 0.556. The second-order valence-electron chi connectivity index (χ2n) is 0.556. The van der Waals surface area contributed by atoms with Crippen LogP contribution in [0.2, 0.25) is 0 Å². The van der Waals surface area contributed by atoms with Crippen LogP contribution in [0.5, 0.6) is 0 Å². The van der Waals surface area contributed by atoms with Gasteiger partial charge in [0.2, 0.25) is 0 Å². The number of carbonyl (C=O) groups excluding carboxylic acids is 1. The maximum absolute atomic E-state index is 9.11. The van der Waals surface area contributed by atoms with E-state index in [1.165, 1.54) is 6.92 Å². The molecule has 0 atom stereocenters. The molecule has 0 saturated carbocycles. The fraction of sp³-hybridized carbons (Fsp3) is 0.500. The number of nitrogens with one attached hydrogen (secondary N) is 1. The molecule has 0 rings (SSSR count). The van der Waals surface area contributed by atoms with Crippen molar-refractivity contribution in [2.24, 2.45) is 0 Å². The van der Waals surface area contributed by atoms with Crippen LogP contribution in [0.3, 0.4) is 0 Å². The number of carbonyl (C=O) groups is 1. The molecule has 0 aliphatic heterocycles. The van der Waals surface area contributed by atoms with E-state index >= 15 is 0 Å². The van der Waals surface area contributed by atoms with E-state index in [0.29, 0.717) is 0 Å². The zero-order valence-electron chi connectivity index (χ0n) is 2.71. The third-order valence-electron chi connectivity index (χ3n) is 0. The minimum Gasteiger partial charge on any atom is -0.668 e. The van der Waals surface area contributed by atoms with Crippen molar-refractivity contribution in [3.8, 4) is 0 Å².